The van der Waals surface area contributed by atoms with Gasteiger partial charge in [0.25, 0.3) is 10.0 Å². The predicted octanol–water partition coefficient (Wildman–Crippen LogP) is 6.42. The van der Waals surface area contributed by atoms with Crippen LogP contribution in [0.5, 0.6) is 0 Å². The van der Waals surface area contributed by atoms with Gasteiger partial charge in [0, 0.05) is 22.7 Å². The normalized spacial score (nSPS) is 12.3. The monoisotopic (exact) mass is 501 g/mol. The van der Waals surface area contributed by atoms with Gasteiger partial charge >= 0.3 is 0 Å². The molecule has 0 aliphatic rings. The van der Waals surface area contributed by atoms with Crippen LogP contribution in [0.2, 0.25) is 0 Å². The number of aromatic nitrogens is 2. The van der Waals surface area contributed by atoms with Gasteiger partial charge in [-0.15, -0.1) is 0 Å². The Bertz CT molecular complexity index is 1930. The van der Waals surface area contributed by atoms with Gasteiger partial charge in [-0.2, -0.15) is 17.9 Å². The highest BCUT2D eigenvalue weighted by Crippen LogP contribution is 2.30. The zero-order valence-corrected chi connectivity index (χ0v) is 20.9. The molecule has 0 unspecified atom stereocenters. The topological polar surface area (TPSA) is 63.8 Å². The van der Waals surface area contributed by atoms with E-state index in [-0.39, 0.29) is 4.90 Å². The molecule has 5 nitrogen and oxygen atoms in total. The second-order valence-electron chi connectivity index (χ2n) is 8.88. The number of hydrogen-bond acceptors (Lipinski definition) is 3. The minimum atomic E-state index is -4.04. The standard InChI is InChI=1S/C31H23N3O2S/c1-22-16-18-26(19-17-22)37(35,36)33-30-28(24-11-4-2-5-12-24)31-27-15-9-8-10-23(27)20-21-34(31)32-29(30)25-13-6-3-7-14-25/h2-21H,1H3/b33-30-. The van der Waals surface area contributed by atoms with Crippen LogP contribution in [0.4, 0.5) is 0 Å². The number of hydrogen-bond donors (Lipinski definition) is 0. The maximum absolute atomic E-state index is 13.7. The Morgan fingerprint density at radius 1 is 0.703 bits per heavy atom. The Morgan fingerprint density at radius 2 is 1.32 bits per heavy atom. The number of aryl methyl sites for hydroxylation is 1. The van der Waals surface area contributed by atoms with Crippen molar-refractivity contribution in [1.82, 2.24) is 9.61 Å². The first-order valence-corrected chi connectivity index (χ1v) is 13.4. The average molecular weight is 502 g/mol. The number of benzene rings is 4. The molecule has 0 saturated heterocycles. The zero-order valence-electron chi connectivity index (χ0n) is 20.1. The summed E-state index contributed by atoms with van der Waals surface area (Å²) in [5.74, 6) is 0. The molecule has 0 fully saturated rings. The van der Waals surface area contributed by atoms with Gasteiger partial charge < -0.3 is 0 Å². The van der Waals surface area contributed by atoms with Gasteiger partial charge in [0.1, 0.15) is 11.1 Å². The van der Waals surface area contributed by atoms with Crippen LogP contribution in [0.1, 0.15) is 5.56 Å². The van der Waals surface area contributed by atoms with E-state index in [1.807, 2.05) is 109 Å². The van der Waals surface area contributed by atoms with Crippen LogP contribution >= 0.6 is 0 Å². The number of pyridine rings is 1. The van der Waals surface area contributed by atoms with Crippen LogP contribution in [-0.4, -0.2) is 18.0 Å². The van der Waals surface area contributed by atoms with Crippen molar-refractivity contribution >= 4 is 26.3 Å². The third-order valence-electron chi connectivity index (χ3n) is 6.39. The number of nitrogens with zero attached hydrogens (tertiary/aromatic N) is 3. The summed E-state index contributed by atoms with van der Waals surface area (Å²) in [6.07, 6.45) is 1.91. The molecular weight excluding hydrogens is 478 g/mol. The average Bonchev–Trinajstić information content (AvgIpc) is 2.93. The lowest BCUT2D eigenvalue weighted by Crippen LogP contribution is -2.19. The molecule has 0 N–H and O–H groups in total. The van der Waals surface area contributed by atoms with E-state index in [2.05, 4.69) is 4.40 Å². The summed E-state index contributed by atoms with van der Waals surface area (Å²) < 4.78 is 33.7. The lowest BCUT2D eigenvalue weighted by Gasteiger charge is -2.15. The summed E-state index contributed by atoms with van der Waals surface area (Å²) in [4.78, 5) is 0.141. The Hall–Kier alpha value is -4.55. The summed E-state index contributed by atoms with van der Waals surface area (Å²) >= 11 is 0. The molecule has 180 valence electrons. The first kappa shape index (κ1) is 22.9. The fourth-order valence-corrected chi connectivity index (χ4v) is 5.57. The van der Waals surface area contributed by atoms with Crippen LogP contribution < -0.4 is 5.36 Å². The van der Waals surface area contributed by atoms with Crippen molar-refractivity contribution in [3.8, 4) is 22.4 Å². The van der Waals surface area contributed by atoms with Crippen molar-refractivity contribution in [2.24, 2.45) is 4.40 Å². The molecule has 0 saturated carbocycles. The maximum atomic E-state index is 13.7. The molecule has 0 aliphatic heterocycles. The molecule has 0 atom stereocenters. The van der Waals surface area contributed by atoms with Crippen molar-refractivity contribution in [2.75, 3.05) is 0 Å². The van der Waals surface area contributed by atoms with Crippen molar-refractivity contribution < 1.29 is 8.42 Å². The van der Waals surface area contributed by atoms with E-state index in [1.54, 1.807) is 24.3 Å². The second-order valence-corrected chi connectivity index (χ2v) is 10.5. The fourth-order valence-electron chi connectivity index (χ4n) is 4.57. The Labute approximate surface area is 215 Å². The smallest absolute Gasteiger partial charge is 0.239 e. The van der Waals surface area contributed by atoms with Crippen molar-refractivity contribution in [3.63, 3.8) is 0 Å². The Kier molecular flexibility index (Phi) is 5.66. The molecule has 37 heavy (non-hydrogen) atoms. The molecule has 6 heteroatoms. The van der Waals surface area contributed by atoms with E-state index in [1.165, 1.54) is 0 Å². The number of sulfonamides is 1. The van der Waals surface area contributed by atoms with E-state index < -0.39 is 10.0 Å². The zero-order chi connectivity index (χ0) is 25.4. The van der Waals surface area contributed by atoms with E-state index in [9.17, 15) is 8.42 Å². The summed E-state index contributed by atoms with van der Waals surface area (Å²) in [7, 11) is -4.04. The highest BCUT2D eigenvalue weighted by Gasteiger charge is 2.20. The van der Waals surface area contributed by atoms with Gasteiger partial charge in [0.15, 0.2) is 0 Å². The minimum Gasteiger partial charge on any atom is -0.239 e. The lowest BCUT2D eigenvalue weighted by atomic mass is 9.99. The van der Waals surface area contributed by atoms with E-state index >= 15 is 0 Å². The molecule has 4 aromatic carbocycles. The van der Waals surface area contributed by atoms with Gasteiger partial charge in [0.2, 0.25) is 0 Å². The first-order chi connectivity index (χ1) is 18.0. The number of fused-ring (bicyclic) bond motifs is 3. The van der Waals surface area contributed by atoms with Crippen LogP contribution in [0.3, 0.4) is 0 Å². The Morgan fingerprint density at radius 3 is 2.03 bits per heavy atom. The first-order valence-electron chi connectivity index (χ1n) is 11.9. The molecule has 0 radical (unpaired) electrons. The molecule has 0 spiro atoms. The second kappa shape index (κ2) is 9.15. The molecule has 6 rings (SSSR count). The highest BCUT2D eigenvalue weighted by atomic mass is 32.2. The van der Waals surface area contributed by atoms with Gasteiger partial charge in [-0.3, -0.25) is 0 Å². The quantitative estimate of drug-likeness (QED) is 0.262. The van der Waals surface area contributed by atoms with Gasteiger partial charge in [-0.25, -0.2) is 4.52 Å². The van der Waals surface area contributed by atoms with Crippen LogP contribution in [-0.2, 0) is 10.0 Å². The van der Waals surface area contributed by atoms with Crippen molar-refractivity contribution in [3.05, 3.63) is 132 Å². The summed E-state index contributed by atoms with van der Waals surface area (Å²) in [6.45, 7) is 1.92. The van der Waals surface area contributed by atoms with E-state index in [4.69, 9.17) is 5.10 Å². The number of rotatable bonds is 4. The summed E-state index contributed by atoms with van der Waals surface area (Å²) in [5, 5.41) is 7.23. The molecule has 6 aromatic rings. The van der Waals surface area contributed by atoms with Crippen molar-refractivity contribution in [1.29, 1.82) is 0 Å². The third kappa shape index (κ3) is 4.21. The van der Waals surface area contributed by atoms with Crippen molar-refractivity contribution in [2.45, 2.75) is 11.8 Å². The maximum Gasteiger partial charge on any atom is 0.282 e. The molecule has 0 amide bonds. The molecule has 0 aliphatic carbocycles. The Balaban J connectivity index is 1.84. The van der Waals surface area contributed by atoms with E-state index in [0.717, 1.165) is 33.0 Å². The summed E-state index contributed by atoms with van der Waals surface area (Å²) in [6, 6.07) is 36.1. The minimum absolute atomic E-state index is 0.141. The lowest BCUT2D eigenvalue weighted by molar-refractivity contribution is 0.596. The SMILES string of the molecule is Cc1ccc(S(=O)(=O)/N=c2\c(-c3ccccc3)nn3ccc4ccccc4c3c2-c2ccccc2)cc1. The highest BCUT2D eigenvalue weighted by molar-refractivity contribution is 7.90. The predicted molar refractivity (Wildman–Crippen MR) is 147 cm³/mol. The molecule has 2 aromatic heterocycles. The third-order valence-corrected chi connectivity index (χ3v) is 7.68. The van der Waals surface area contributed by atoms with Gasteiger partial charge in [-0.1, -0.05) is 103 Å². The van der Waals surface area contributed by atoms with Gasteiger partial charge in [-0.05, 0) is 36.1 Å². The van der Waals surface area contributed by atoms with Crippen LogP contribution in [0, 0.1) is 6.92 Å². The van der Waals surface area contributed by atoms with Gasteiger partial charge in [0.05, 0.1) is 10.4 Å². The fraction of sp³-hybridized carbons (Fsp3) is 0.0323. The largest absolute Gasteiger partial charge is 0.282 e. The van der Waals surface area contributed by atoms with Crippen LogP contribution in [0.15, 0.2) is 131 Å². The van der Waals surface area contributed by atoms with Crippen LogP contribution in [0.25, 0.3) is 38.7 Å². The molecular formula is C31H23N3O2S. The molecule has 0 bridgehead atoms. The summed E-state index contributed by atoms with van der Waals surface area (Å²) in [5.41, 5.74) is 4.60. The molecule has 2 heterocycles. The van der Waals surface area contributed by atoms with E-state index in [0.29, 0.717) is 16.6 Å².